The molecule has 4 atom stereocenters. The van der Waals surface area contributed by atoms with E-state index in [-0.39, 0.29) is 23.9 Å². The number of hydrogen-bond donors (Lipinski definition) is 3. The fraction of sp³-hybridized carbons (Fsp3) is 0.923. The summed E-state index contributed by atoms with van der Waals surface area (Å²) < 4.78 is 5.40. The molecule has 5 heteroatoms. The van der Waals surface area contributed by atoms with Gasteiger partial charge in [0.05, 0.1) is 6.61 Å². The van der Waals surface area contributed by atoms with Crippen molar-refractivity contribution < 1.29 is 9.53 Å². The van der Waals surface area contributed by atoms with E-state index in [4.69, 9.17) is 16.2 Å². The summed E-state index contributed by atoms with van der Waals surface area (Å²) in [6, 6.07) is 0.0216. The van der Waals surface area contributed by atoms with Crippen LogP contribution in [0.4, 0.5) is 0 Å². The van der Waals surface area contributed by atoms with E-state index < -0.39 is 0 Å². The SMILES string of the molecule is NC1CCC(C(=O)NCC2CCCOC2)CC1N. The van der Waals surface area contributed by atoms with Crippen LogP contribution in [0.2, 0.25) is 0 Å². The van der Waals surface area contributed by atoms with Crippen LogP contribution in [0.1, 0.15) is 32.1 Å². The van der Waals surface area contributed by atoms with Gasteiger partial charge in [0.25, 0.3) is 0 Å². The van der Waals surface area contributed by atoms with Gasteiger partial charge in [-0.05, 0) is 38.0 Å². The highest BCUT2D eigenvalue weighted by Crippen LogP contribution is 2.23. The third-order valence-electron chi connectivity index (χ3n) is 4.15. The Bertz CT molecular complexity index is 279. The maximum absolute atomic E-state index is 12.0. The predicted molar refractivity (Wildman–Crippen MR) is 69.8 cm³/mol. The highest BCUT2D eigenvalue weighted by molar-refractivity contribution is 5.78. The van der Waals surface area contributed by atoms with Gasteiger partial charge in [0.1, 0.15) is 0 Å². The highest BCUT2D eigenvalue weighted by atomic mass is 16.5. The van der Waals surface area contributed by atoms with E-state index in [0.717, 1.165) is 45.4 Å². The molecule has 0 aromatic carbocycles. The molecule has 0 radical (unpaired) electrons. The number of rotatable bonds is 3. The molecule has 0 bridgehead atoms. The van der Waals surface area contributed by atoms with Crippen LogP contribution in [-0.4, -0.2) is 37.7 Å². The fourth-order valence-corrected chi connectivity index (χ4v) is 2.82. The molecule has 5 nitrogen and oxygen atoms in total. The molecule has 5 N–H and O–H groups in total. The van der Waals surface area contributed by atoms with Crippen LogP contribution in [0.15, 0.2) is 0 Å². The van der Waals surface area contributed by atoms with Gasteiger partial charge in [-0.15, -0.1) is 0 Å². The molecule has 1 saturated carbocycles. The average molecular weight is 255 g/mol. The van der Waals surface area contributed by atoms with Gasteiger partial charge in [0, 0.05) is 31.2 Å². The lowest BCUT2D eigenvalue weighted by molar-refractivity contribution is -0.126. The van der Waals surface area contributed by atoms with Crippen molar-refractivity contribution in [2.45, 2.75) is 44.2 Å². The topological polar surface area (TPSA) is 90.4 Å². The first-order valence-electron chi connectivity index (χ1n) is 7.03. The number of amides is 1. The van der Waals surface area contributed by atoms with Crippen LogP contribution in [0, 0.1) is 11.8 Å². The van der Waals surface area contributed by atoms with E-state index in [1.54, 1.807) is 0 Å². The van der Waals surface area contributed by atoms with Crippen LogP contribution in [0.25, 0.3) is 0 Å². The minimum Gasteiger partial charge on any atom is -0.381 e. The largest absolute Gasteiger partial charge is 0.381 e. The van der Waals surface area contributed by atoms with E-state index in [1.165, 1.54) is 0 Å². The minimum atomic E-state index is -0.0347. The Kier molecular flexibility index (Phi) is 4.97. The Labute approximate surface area is 109 Å². The van der Waals surface area contributed by atoms with Crippen LogP contribution >= 0.6 is 0 Å². The molecule has 2 aliphatic rings. The summed E-state index contributed by atoms with van der Waals surface area (Å²) in [5.74, 6) is 0.662. The number of ether oxygens (including phenoxy) is 1. The van der Waals surface area contributed by atoms with Crippen LogP contribution in [-0.2, 0) is 9.53 Å². The maximum atomic E-state index is 12.0. The Morgan fingerprint density at radius 2 is 2.06 bits per heavy atom. The quantitative estimate of drug-likeness (QED) is 0.661. The molecule has 2 fully saturated rings. The molecule has 4 unspecified atom stereocenters. The van der Waals surface area contributed by atoms with E-state index in [2.05, 4.69) is 5.32 Å². The highest BCUT2D eigenvalue weighted by Gasteiger charge is 2.30. The summed E-state index contributed by atoms with van der Waals surface area (Å²) in [6.07, 6.45) is 4.68. The number of nitrogens with one attached hydrogen (secondary N) is 1. The second kappa shape index (κ2) is 6.50. The summed E-state index contributed by atoms with van der Waals surface area (Å²) in [4.78, 5) is 12.0. The summed E-state index contributed by atoms with van der Waals surface area (Å²) >= 11 is 0. The third-order valence-corrected chi connectivity index (χ3v) is 4.15. The lowest BCUT2D eigenvalue weighted by Gasteiger charge is -2.31. The zero-order chi connectivity index (χ0) is 13.0. The number of nitrogens with two attached hydrogens (primary N) is 2. The second-order valence-corrected chi connectivity index (χ2v) is 5.67. The van der Waals surface area contributed by atoms with E-state index in [1.807, 2.05) is 0 Å². The van der Waals surface area contributed by atoms with E-state index in [9.17, 15) is 4.79 Å². The molecule has 0 spiro atoms. The Morgan fingerprint density at radius 3 is 2.72 bits per heavy atom. The molecular weight excluding hydrogens is 230 g/mol. The molecule has 18 heavy (non-hydrogen) atoms. The zero-order valence-corrected chi connectivity index (χ0v) is 10.9. The normalized spacial score (nSPS) is 37.2. The minimum absolute atomic E-state index is 0.0347. The number of carbonyl (C=O) groups is 1. The van der Waals surface area contributed by atoms with Crippen molar-refractivity contribution in [3.8, 4) is 0 Å². The van der Waals surface area contributed by atoms with Gasteiger partial charge in [0.2, 0.25) is 5.91 Å². The average Bonchev–Trinajstić information content (AvgIpc) is 2.40. The first-order valence-corrected chi connectivity index (χ1v) is 7.03. The molecule has 104 valence electrons. The van der Waals surface area contributed by atoms with Crippen molar-refractivity contribution in [1.29, 1.82) is 0 Å². The molecule has 1 heterocycles. The molecule has 1 aliphatic carbocycles. The lowest BCUT2D eigenvalue weighted by atomic mass is 9.82. The third kappa shape index (κ3) is 3.67. The first kappa shape index (κ1) is 13.8. The number of carbonyl (C=O) groups excluding carboxylic acids is 1. The number of hydrogen-bond acceptors (Lipinski definition) is 4. The first-order chi connectivity index (χ1) is 8.66. The maximum Gasteiger partial charge on any atom is 0.223 e. The van der Waals surface area contributed by atoms with E-state index >= 15 is 0 Å². The van der Waals surface area contributed by atoms with Gasteiger partial charge >= 0.3 is 0 Å². The van der Waals surface area contributed by atoms with Crippen molar-refractivity contribution in [3.63, 3.8) is 0 Å². The van der Waals surface area contributed by atoms with Gasteiger partial charge in [-0.3, -0.25) is 4.79 Å². The van der Waals surface area contributed by atoms with Crippen molar-refractivity contribution >= 4 is 5.91 Å². The molecule has 0 aromatic rings. The smallest absolute Gasteiger partial charge is 0.223 e. The molecule has 0 aromatic heterocycles. The Morgan fingerprint density at radius 1 is 1.22 bits per heavy atom. The van der Waals surface area contributed by atoms with Gasteiger partial charge in [-0.2, -0.15) is 0 Å². The molecule has 2 rings (SSSR count). The molecule has 1 aliphatic heterocycles. The van der Waals surface area contributed by atoms with Gasteiger partial charge < -0.3 is 21.5 Å². The van der Waals surface area contributed by atoms with Crippen LogP contribution < -0.4 is 16.8 Å². The van der Waals surface area contributed by atoms with Crippen molar-refractivity contribution in [3.05, 3.63) is 0 Å². The van der Waals surface area contributed by atoms with Gasteiger partial charge in [-0.1, -0.05) is 0 Å². The fourth-order valence-electron chi connectivity index (χ4n) is 2.82. The van der Waals surface area contributed by atoms with Crippen molar-refractivity contribution in [2.75, 3.05) is 19.8 Å². The second-order valence-electron chi connectivity index (χ2n) is 5.67. The lowest BCUT2D eigenvalue weighted by Crippen LogP contribution is -2.49. The van der Waals surface area contributed by atoms with Gasteiger partial charge in [0.15, 0.2) is 0 Å². The monoisotopic (exact) mass is 255 g/mol. The zero-order valence-electron chi connectivity index (χ0n) is 10.9. The molecule has 1 saturated heterocycles. The summed E-state index contributed by atoms with van der Waals surface area (Å²) in [7, 11) is 0. The Hall–Kier alpha value is -0.650. The summed E-state index contributed by atoms with van der Waals surface area (Å²) in [6.45, 7) is 2.37. The summed E-state index contributed by atoms with van der Waals surface area (Å²) in [5.41, 5.74) is 11.8. The van der Waals surface area contributed by atoms with Crippen LogP contribution in [0.5, 0.6) is 0 Å². The molecular formula is C13H25N3O2. The van der Waals surface area contributed by atoms with Crippen molar-refractivity contribution in [1.82, 2.24) is 5.32 Å². The molecule has 1 amide bonds. The predicted octanol–water partition coefficient (Wildman–Crippen LogP) is -0.0161. The van der Waals surface area contributed by atoms with Gasteiger partial charge in [-0.25, -0.2) is 0 Å². The Balaban J connectivity index is 1.70. The standard InChI is InChI=1S/C13H25N3O2/c14-11-4-3-10(6-12(11)15)13(17)16-7-9-2-1-5-18-8-9/h9-12H,1-8,14-15H2,(H,16,17). The summed E-state index contributed by atoms with van der Waals surface area (Å²) in [5, 5.41) is 3.04. The van der Waals surface area contributed by atoms with E-state index in [0.29, 0.717) is 12.3 Å². The van der Waals surface area contributed by atoms with Crippen molar-refractivity contribution in [2.24, 2.45) is 23.3 Å². The van der Waals surface area contributed by atoms with Crippen LogP contribution in [0.3, 0.4) is 0 Å².